The summed E-state index contributed by atoms with van der Waals surface area (Å²) in [5, 5.41) is 0. The van der Waals surface area contributed by atoms with Gasteiger partial charge in [0.1, 0.15) is 17.3 Å². The van der Waals surface area contributed by atoms with Crippen molar-refractivity contribution < 1.29 is 17.6 Å². The molecule has 90 valence electrons. The maximum Gasteiger partial charge on any atom is 0.432 e. The van der Waals surface area contributed by atoms with Crippen molar-refractivity contribution in [3.8, 4) is 11.4 Å². The average molecular weight is 309 g/mol. The molecule has 0 spiro atoms. The van der Waals surface area contributed by atoms with Gasteiger partial charge in [-0.05, 0) is 34.1 Å². The Morgan fingerprint density at radius 2 is 1.94 bits per heavy atom. The Kier molecular flexibility index (Phi) is 2.94. The first-order valence-electron chi connectivity index (χ1n) is 4.45. The summed E-state index contributed by atoms with van der Waals surface area (Å²) < 4.78 is 50.1. The van der Waals surface area contributed by atoms with Crippen molar-refractivity contribution in [2.75, 3.05) is 0 Å². The summed E-state index contributed by atoms with van der Waals surface area (Å²) in [4.78, 5) is 5.74. The molecule has 7 heteroatoms. The van der Waals surface area contributed by atoms with Crippen molar-refractivity contribution in [2.24, 2.45) is 0 Å². The molecule has 0 bridgehead atoms. The Balaban J connectivity index is 2.40. The molecule has 0 radical (unpaired) electrons. The molecule has 0 saturated carbocycles. The molecule has 0 aliphatic heterocycles. The van der Waals surface area contributed by atoms with Crippen LogP contribution in [0.25, 0.3) is 11.4 Å². The van der Waals surface area contributed by atoms with Crippen LogP contribution in [-0.4, -0.2) is 9.97 Å². The fraction of sp³-hybridized carbons (Fsp3) is 0.100. The highest BCUT2D eigenvalue weighted by atomic mass is 79.9. The molecule has 0 saturated heterocycles. The minimum atomic E-state index is -4.47. The van der Waals surface area contributed by atoms with E-state index >= 15 is 0 Å². The van der Waals surface area contributed by atoms with E-state index in [4.69, 9.17) is 0 Å². The smallest absolute Gasteiger partial charge is 0.334 e. The van der Waals surface area contributed by atoms with Gasteiger partial charge in [0.25, 0.3) is 0 Å². The zero-order chi connectivity index (χ0) is 12.6. The monoisotopic (exact) mass is 308 g/mol. The topological polar surface area (TPSA) is 28.7 Å². The van der Waals surface area contributed by atoms with Crippen LogP contribution in [0.2, 0.25) is 0 Å². The van der Waals surface area contributed by atoms with Crippen LogP contribution in [0.15, 0.2) is 28.9 Å². The second-order valence-corrected chi connectivity index (χ2v) is 4.13. The van der Waals surface area contributed by atoms with Crippen LogP contribution in [0.4, 0.5) is 17.6 Å². The number of aromatic nitrogens is 2. The lowest BCUT2D eigenvalue weighted by atomic mass is 10.2. The number of H-pyrrole nitrogens is 1. The molecular formula is C10H5BrF4N2. The van der Waals surface area contributed by atoms with Gasteiger partial charge >= 0.3 is 6.18 Å². The zero-order valence-electron chi connectivity index (χ0n) is 8.15. The summed E-state index contributed by atoms with van der Waals surface area (Å²) in [6, 6.07) is 3.85. The number of alkyl halides is 3. The predicted molar refractivity (Wildman–Crippen MR) is 56.7 cm³/mol. The highest BCUT2D eigenvalue weighted by molar-refractivity contribution is 9.10. The largest absolute Gasteiger partial charge is 0.432 e. The van der Waals surface area contributed by atoms with Gasteiger partial charge in [0, 0.05) is 5.56 Å². The fourth-order valence-electron chi connectivity index (χ4n) is 1.26. The third-order valence-corrected chi connectivity index (χ3v) is 2.68. The van der Waals surface area contributed by atoms with E-state index in [1.165, 1.54) is 12.1 Å². The van der Waals surface area contributed by atoms with Gasteiger partial charge < -0.3 is 4.98 Å². The van der Waals surface area contributed by atoms with Crippen molar-refractivity contribution >= 4 is 15.9 Å². The van der Waals surface area contributed by atoms with Crippen molar-refractivity contribution in [3.63, 3.8) is 0 Å². The van der Waals surface area contributed by atoms with Gasteiger partial charge in [-0.1, -0.05) is 0 Å². The maximum absolute atomic E-state index is 13.0. The summed E-state index contributed by atoms with van der Waals surface area (Å²) in [5.41, 5.74) is -0.568. The Morgan fingerprint density at radius 3 is 2.47 bits per heavy atom. The SMILES string of the molecule is Fc1ccc(-c2ncc(C(F)(F)F)[nH]2)cc1Br. The molecule has 0 aliphatic rings. The van der Waals surface area contributed by atoms with Crippen molar-refractivity contribution in [1.82, 2.24) is 9.97 Å². The van der Waals surface area contributed by atoms with Crippen LogP contribution in [0.3, 0.4) is 0 Å². The Morgan fingerprint density at radius 1 is 1.24 bits per heavy atom. The van der Waals surface area contributed by atoms with Gasteiger partial charge in [-0.15, -0.1) is 0 Å². The Labute approximate surface area is 102 Å². The highest BCUT2D eigenvalue weighted by Gasteiger charge is 2.33. The van der Waals surface area contributed by atoms with Gasteiger partial charge in [0.2, 0.25) is 0 Å². The first-order chi connectivity index (χ1) is 7.88. The van der Waals surface area contributed by atoms with E-state index in [0.29, 0.717) is 11.8 Å². The third-order valence-electron chi connectivity index (χ3n) is 2.07. The molecule has 1 aromatic carbocycles. The normalized spacial score (nSPS) is 11.8. The number of nitrogens with zero attached hydrogens (tertiary/aromatic N) is 1. The Bertz CT molecular complexity index is 547. The molecule has 0 fully saturated rings. The molecule has 1 aromatic heterocycles. The van der Waals surface area contributed by atoms with E-state index in [-0.39, 0.29) is 10.3 Å². The molecular weight excluding hydrogens is 304 g/mol. The first kappa shape index (κ1) is 12.1. The van der Waals surface area contributed by atoms with Crippen molar-refractivity contribution in [2.45, 2.75) is 6.18 Å². The van der Waals surface area contributed by atoms with E-state index in [1.807, 2.05) is 0 Å². The zero-order valence-corrected chi connectivity index (χ0v) is 9.73. The molecule has 2 aromatic rings. The van der Waals surface area contributed by atoms with E-state index in [9.17, 15) is 17.6 Å². The number of rotatable bonds is 1. The molecule has 2 rings (SSSR count). The second-order valence-electron chi connectivity index (χ2n) is 3.27. The lowest BCUT2D eigenvalue weighted by Crippen LogP contribution is -2.04. The van der Waals surface area contributed by atoms with E-state index in [2.05, 4.69) is 25.9 Å². The molecule has 0 atom stereocenters. The fourth-order valence-corrected chi connectivity index (χ4v) is 1.63. The van der Waals surface area contributed by atoms with E-state index in [0.717, 1.165) is 6.07 Å². The molecule has 2 nitrogen and oxygen atoms in total. The summed E-state index contributed by atoms with van der Waals surface area (Å²) in [6.07, 6.45) is -3.77. The van der Waals surface area contributed by atoms with Crippen LogP contribution in [0, 0.1) is 5.82 Å². The maximum atomic E-state index is 13.0. The van der Waals surface area contributed by atoms with Gasteiger partial charge in [0.05, 0.1) is 10.7 Å². The molecule has 17 heavy (non-hydrogen) atoms. The quantitative estimate of drug-likeness (QED) is 0.793. The Hall–Kier alpha value is -1.37. The predicted octanol–water partition coefficient (Wildman–Crippen LogP) is 4.00. The summed E-state index contributed by atoms with van der Waals surface area (Å²) in [7, 11) is 0. The molecule has 0 aliphatic carbocycles. The number of imidazole rings is 1. The summed E-state index contributed by atoms with van der Waals surface area (Å²) in [6.45, 7) is 0. The van der Waals surface area contributed by atoms with E-state index < -0.39 is 17.7 Å². The number of benzene rings is 1. The standard InChI is InChI=1S/C10H5BrF4N2/c11-6-3-5(1-2-7(6)12)9-16-4-8(17-9)10(13,14)15/h1-4H,(H,16,17). The van der Waals surface area contributed by atoms with Crippen LogP contribution in [-0.2, 0) is 6.18 Å². The lowest BCUT2D eigenvalue weighted by molar-refractivity contribution is -0.140. The molecule has 0 unspecified atom stereocenters. The van der Waals surface area contributed by atoms with Gasteiger partial charge in [0.15, 0.2) is 0 Å². The first-order valence-corrected chi connectivity index (χ1v) is 5.25. The van der Waals surface area contributed by atoms with Crippen LogP contribution in [0.5, 0.6) is 0 Å². The highest BCUT2D eigenvalue weighted by Crippen LogP contribution is 2.30. The number of hydrogen-bond donors (Lipinski definition) is 1. The number of aromatic amines is 1. The van der Waals surface area contributed by atoms with Crippen LogP contribution >= 0.6 is 15.9 Å². The summed E-state index contributed by atoms with van der Waals surface area (Å²) >= 11 is 2.95. The van der Waals surface area contributed by atoms with Gasteiger partial charge in [-0.2, -0.15) is 13.2 Å². The number of nitrogens with one attached hydrogen (secondary N) is 1. The lowest BCUT2D eigenvalue weighted by Gasteiger charge is -2.02. The third kappa shape index (κ3) is 2.49. The van der Waals surface area contributed by atoms with E-state index in [1.54, 1.807) is 0 Å². The number of halogens is 5. The minimum absolute atomic E-state index is 0.0398. The minimum Gasteiger partial charge on any atom is -0.334 e. The van der Waals surface area contributed by atoms with Crippen LogP contribution in [0.1, 0.15) is 5.69 Å². The van der Waals surface area contributed by atoms with Crippen molar-refractivity contribution in [1.29, 1.82) is 0 Å². The molecule has 1 heterocycles. The average Bonchev–Trinajstić information content (AvgIpc) is 2.70. The number of hydrogen-bond acceptors (Lipinski definition) is 1. The van der Waals surface area contributed by atoms with Crippen molar-refractivity contribution in [3.05, 3.63) is 40.4 Å². The van der Waals surface area contributed by atoms with Crippen LogP contribution < -0.4 is 0 Å². The molecule has 0 amide bonds. The second kappa shape index (κ2) is 4.14. The molecule has 1 N–H and O–H groups in total. The van der Waals surface area contributed by atoms with Gasteiger partial charge in [-0.25, -0.2) is 9.37 Å². The van der Waals surface area contributed by atoms with Gasteiger partial charge in [-0.3, -0.25) is 0 Å². The summed E-state index contributed by atoms with van der Waals surface area (Å²) in [5.74, 6) is -0.450.